The molecule has 0 aliphatic rings. The van der Waals surface area contributed by atoms with Gasteiger partial charge < -0.3 is 4.57 Å². The van der Waals surface area contributed by atoms with Crippen LogP contribution < -0.4 is 5.56 Å². The zero-order valence-electron chi connectivity index (χ0n) is 8.07. The number of nitrogens with zero attached hydrogens (tertiary/aromatic N) is 1. The summed E-state index contributed by atoms with van der Waals surface area (Å²) in [6, 6.07) is 4.61. The van der Waals surface area contributed by atoms with Crippen molar-refractivity contribution in [3.05, 3.63) is 34.2 Å². The molecule has 1 unspecified atom stereocenters. The SMILES string of the molecule is CC(=O)C(C)n1c(C)cccc1=O. The van der Waals surface area contributed by atoms with E-state index in [0.717, 1.165) is 5.69 Å². The molecular weight excluding hydrogens is 166 g/mol. The van der Waals surface area contributed by atoms with Gasteiger partial charge in [0.05, 0.1) is 6.04 Å². The van der Waals surface area contributed by atoms with Gasteiger partial charge in [-0.3, -0.25) is 9.59 Å². The van der Waals surface area contributed by atoms with Crippen molar-refractivity contribution in [2.75, 3.05) is 0 Å². The first-order valence-corrected chi connectivity index (χ1v) is 4.22. The predicted molar refractivity (Wildman–Crippen MR) is 50.8 cm³/mol. The summed E-state index contributed by atoms with van der Waals surface area (Å²) >= 11 is 0. The van der Waals surface area contributed by atoms with E-state index in [9.17, 15) is 9.59 Å². The Morgan fingerprint density at radius 1 is 1.46 bits per heavy atom. The maximum absolute atomic E-state index is 11.4. The molecule has 0 bridgehead atoms. The highest BCUT2D eigenvalue weighted by Gasteiger charge is 2.12. The lowest BCUT2D eigenvalue weighted by molar-refractivity contribution is -0.119. The molecule has 1 aromatic heterocycles. The van der Waals surface area contributed by atoms with E-state index < -0.39 is 0 Å². The Labute approximate surface area is 77.0 Å². The maximum Gasteiger partial charge on any atom is 0.251 e. The second kappa shape index (κ2) is 3.56. The molecule has 3 nitrogen and oxygen atoms in total. The molecule has 13 heavy (non-hydrogen) atoms. The van der Waals surface area contributed by atoms with E-state index in [1.54, 1.807) is 13.0 Å². The maximum atomic E-state index is 11.4. The fourth-order valence-corrected chi connectivity index (χ4v) is 1.28. The van der Waals surface area contributed by atoms with E-state index in [4.69, 9.17) is 0 Å². The third kappa shape index (κ3) is 1.86. The lowest BCUT2D eigenvalue weighted by Gasteiger charge is -2.14. The molecule has 0 amide bonds. The lowest BCUT2D eigenvalue weighted by Crippen LogP contribution is -2.27. The molecular formula is C10H13NO2. The van der Waals surface area contributed by atoms with Crippen molar-refractivity contribution in [3.63, 3.8) is 0 Å². The van der Waals surface area contributed by atoms with Crippen LogP contribution in [0.4, 0.5) is 0 Å². The van der Waals surface area contributed by atoms with Crippen LogP contribution in [0, 0.1) is 6.92 Å². The van der Waals surface area contributed by atoms with Gasteiger partial charge in [0.1, 0.15) is 0 Å². The summed E-state index contributed by atoms with van der Waals surface area (Å²) in [5, 5.41) is 0. The van der Waals surface area contributed by atoms with Crippen molar-refractivity contribution >= 4 is 5.78 Å². The second-order valence-corrected chi connectivity index (χ2v) is 3.16. The van der Waals surface area contributed by atoms with Gasteiger partial charge in [0.2, 0.25) is 0 Å². The van der Waals surface area contributed by atoms with E-state index in [0.29, 0.717) is 0 Å². The van der Waals surface area contributed by atoms with Gasteiger partial charge in [0.15, 0.2) is 5.78 Å². The average molecular weight is 179 g/mol. The van der Waals surface area contributed by atoms with Gasteiger partial charge in [0.25, 0.3) is 5.56 Å². The molecule has 0 fully saturated rings. The van der Waals surface area contributed by atoms with Crippen molar-refractivity contribution in [2.24, 2.45) is 0 Å². The summed E-state index contributed by atoms with van der Waals surface area (Å²) < 4.78 is 1.50. The van der Waals surface area contributed by atoms with E-state index >= 15 is 0 Å². The minimum absolute atomic E-state index is 0.00333. The minimum Gasteiger partial charge on any atom is -0.303 e. The molecule has 0 saturated carbocycles. The molecule has 1 aromatic rings. The van der Waals surface area contributed by atoms with Gasteiger partial charge in [-0.15, -0.1) is 0 Å². The highest BCUT2D eigenvalue weighted by Crippen LogP contribution is 2.06. The predicted octanol–water partition coefficient (Wildman–Crippen LogP) is 1.31. The first-order chi connectivity index (χ1) is 6.04. The molecule has 0 saturated heterocycles. The van der Waals surface area contributed by atoms with Crippen LogP contribution >= 0.6 is 0 Å². The Morgan fingerprint density at radius 2 is 2.08 bits per heavy atom. The molecule has 70 valence electrons. The van der Waals surface area contributed by atoms with Crippen molar-refractivity contribution in [1.29, 1.82) is 0 Å². The minimum atomic E-state index is -0.367. The van der Waals surface area contributed by atoms with Crippen LogP contribution in [-0.2, 0) is 4.79 Å². The van der Waals surface area contributed by atoms with Gasteiger partial charge in [0, 0.05) is 11.8 Å². The van der Waals surface area contributed by atoms with Crippen molar-refractivity contribution in [3.8, 4) is 0 Å². The number of Topliss-reactive ketones (excluding diaryl/α,β-unsaturated/α-hetero) is 1. The fraction of sp³-hybridized carbons (Fsp3) is 0.400. The first kappa shape index (κ1) is 9.71. The molecule has 3 heteroatoms. The molecule has 0 aliphatic carbocycles. The molecule has 0 N–H and O–H groups in total. The summed E-state index contributed by atoms with van der Waals surface area (Å²) in [6.45, 7) is 5.04. The number of pyridine rings is 1. The van der Waals surface area contributed by atoms with E-state index in [1.807, 2.05) is 13.0 Å². The Balaban J connectivity index is 3.28. The van der Waals surface area contributed by atoms with Gasteiger partial charge >= 0.3 is 0 Å². The van der Waals surface area contributed by atoms with Gasteiger partial charge in [-0.25, -0.2) is 0 Å². The lowest BCUT2D eigenvalue weighted by atomic mass is 10.2. The molecule has 1 atom stereocenters. The van der Waals surface area contributed by atoms with Crippen molar-refractivity contribution in [1.82, 2.24) is 4.57 Å². The summed E-state index contributed by atoms with van der Waals surface area (Å²) in [4.78, 5) is 22.5. The number of carbonyl (C=O) groups excluding carboxylic acids is 1. The van der Waals surface area contributed by atoms with Gasteiger partial charge in [-0.1, -0.05) is 6.07 Å². The van der Waals surface area contributed by atoms with E-state index in [1.165, 1.54) is 17.6 Å². The average Bonchev–Trinajstić information content (AvgIpc) is 2.03. The third-order valence-corrected chi connectivity index (χ3v) is 2.17. The number of rotatable bonds is 2. The van der Waals surface area contributed by atoms with Crippen LogP contribution in [0.2, 0.25) is 0 Å². The monoisotopic (exact) mass is 179 g/mol. The highest BCUT2D eigenvalue weighted by atomic mass is 16.1. The number of aromatic nitrogens is 1. The zero-order chi connectivity index (χ0) is 10.0. The second-order valence-electron chi connectivity index (χ2n) is 3.16. The highest BCUT2D eigenvalue weighted by molar-refractivity contribution is 5.79. The number of ketones is 1. The smallest absolute Gasteiger partial charge is 0.251 e. The largest absolute Gasteiger partial charge is 0.303 e. The van der Waals surface area contributed by atoms with Crippen LogP contribution in [0.3, 0.4) is 0 Å². The molecule has 0 aromatic carbocycles. The van der Waals surface area contributed by atoms with Crippen LogP contribution in [0.15, 0.2) is 23.0 Å². The topological polar surface area (TPSA) is 39.1 Å². The zero-order valence-corrected chi connectivity index (χ0v) is 8.07. The number of carbonyl (C=O) groups is 1. The number of aryl methyl sites for hydroxylation is 1. The summed E-state index contributed by atoms with van der Waals surface area (Å²) in [5.41, 5.74) is 0.693. The van der Waals surface area contributed by atoms with Gasteiger partial charge in [-0.05, 0) is 26.8 Å². The summed E-state index contributed by atoms with van der Waals surface area (Å²) in [5.74, 6) is -0.00333. The first-order valence-electron chi connectivity index (χ1n) is 4.22. The summed E-state index contributed by atoms with van der Waals surface area (Å²) in [6.07, 6.45) is 0. The Kier molecular flexibility index (Phi) is 2.66. The molecule has 1 rings (SSSR count). The third-order valence-electron chi connectivity index (χ3n) is 2.17. The van der Waals surface area contributed by atoms with Gasteiger partial charge in [-0.2, -0.15) is 0 Å². The molecule has 0 aliphatic heterocycles. The number of hydrogen-bond acceptors (Lipinski definition) is 2. The van der Waals surface area contributed by atoms with E-state index in [2.05, 4.69) is 0 Å². The van der Waals surface area contributed by atoms with Crippen LogP contribution in [0.1, 0.15) is 25.6 Å². The molecule has 0 spiro atoms. The normalized spacial score (nSPS) is 12.5. The fourth-order valence-electron chi connectivity index (χ4n) is 1.28. The molecule has 0 radical (unpaired) electrons. The van der Waals surface area contributed by atoms with E-state index in [-0.39, 0.29) is 17.4 Å². The Morgan fingerprint density at radius 3 is 2.54 bits per heavy atom. The quantitative estimate of drug-likeness (QED) is 0.686. The van der Waals surface area contributed by atoms with Crippen LogP contribution in [0.5, 0.6) is 0 Å². The van der Waals surface area contributed by atoms with Crippen molar-refractivity contribution in [2.45, 2.75) is 26.8 Å². The molecule has 1 heterocycles. The van der Waals surface area contributed by atoms with Crippen LogP contribution in [0.25, 0.3) is 0 Å². The summed E-state index contributed by atoms with van der Waals surface area (Å²) in [7, 11) is 0. The Hall–Kier alpha value is -1.38. The van der Waals surface area contributed by atoms with Crippen LogP contribution in [-0.4, -0.2) is 10.4 Å². The number of hydrogen-bond donors (Lipinski definition) is 0. The van der Waals surface area contributed by atoms with Crippen molar-refractivity contribution < 1.29 is 4.79 Å². The standard InChI is InChI=1S/C10H13NO2/c1-7-5-4-6-10(13)11(7)8(2)9(3)12/h4-6,8H,1-3H3. The Bertz CT molecular complexity index is 379.